The number of carbonyl (C=O) groups excluding carboxylic acids is 1. The zero-order chi connectivity index (χ0) is 17.6. The van der Waals surface area contributed by atoms with E-state index in [1.54, 1.807) is 4.90 Å². The number of aromatic nitrogens is 4. The molecule has 3 aromatic heterocycles. The topological polar surface area (TPSA) is 75.5 Å². The molecule has 4 heterocycles. The molecule has 3 aromatic rings. The molecule has 0 spiro atoms. The molecule has 0 unspecified atom stereocenters. The molecular formula is C18H21N5O2. The van der Waals surface area contributed by atoms with Crippen molar-refractivity contribution in [1.29, 1.82) is 0 Å². The fraction of sp³-hybridized carbons (Fsp3) is 0.389. The Bertz CT molecular complexity index is 976. The van der Waals surface area contributed by atoms with E-state index in [9.17, 15) is 4.79 Å². The van der Waals surface area contributed by atoms with Crippen LogP contribution in [0.25, 0.3) is 22.3 Å². The Kier molecular flexibility index (Phi) is 3.52. The summed E-state index contributed by atoms with van der Waals surface area (Å²) in [7, 11) is 0. The fourth-order valence-electron chi connectivity index (χ4n) is 3.07. The molecule has 0 atom stereocenters. The molecular weight excluding hydrogens is 318 g/mol. The van der Waals surface area contributed by atoms with Crippen LogP contribution in [0.3, 0.4) is 0 Å². The van der Waals surface area contributed by atoms with Crippen molar-refractivity contribution < 1.29 is 9.53 Å². The normalized spacial score (nSPS) is 15.6. The van der Waals surface area contributed by atoms with Crippen molar-refractivity contribution in [2.45, 2.75) is 32.8 Å². The second-order valence-electron chi connectivity index (χ2n) is 7.22. The average molecular weight is 339 g/mol. The zero-order valence-electron chi connectivity index (χ0n) is 14.6. The van der Waals surface area contributed by atoms with Gasteiger partial charge in [0.05, 0.1) is 22.9 Å². The number of H-pyrrole nitrogens is 1. The minimum atomic E-state index is -0.477. The lowest BCUT2D eigenvalue weighted by molar-refractivity contribution is 0.0270. The van der Waals surface area contributed by atoms with E-state index in [-0.39, 0.29) is 6.09 Å². The highest BCUT2D eigenvalue weighted by Gasteiger charge is 2.25. The predicted molar refractivity (Wildman–Crippen MR) is 95.2 cm³/mol. The summed E-state index contributed by atoms with van der Waals surface area (Å²) in [5.41, 5.74) is 4.41. The van der Waals surface area contributed by atoms with Crippen LogP contribution < -0.4 is 0 Å². The highest BCUT2D eigenvalue weighted by molar-refractivity contribution is 5.82. The summed E-state index contributed by atoms with van der Waals surface area (Å²) < 4.78 is 7.47. The van der Waals surface area contributed by atoms with Crippen molar-refractivity contribution in [3.8, 4) is 0 Å². The van der Waals surface area contributed by atoms with E-state index in [1.165, 1.54) is 0 Å². The summed E-state index contributed by atoms with van der Waals surface area (Å²) in [6, 6.07) is 1.99. The summed E-state index contributed by atoms with van der Waals surface area (Å²) in [6.07, 6.45) is 8.06. The first-order valence-electron chi connectivity index (χ1n) is 8.39. The third-order valence-corrected chi connectivity index (χ3v) is 4.25. The van der Waals surface area contributed by atoms with Crippen LogP contribution in [0.2, 0.25) is 0 Å². The number of ether oxygens (including phenoxy) is 1. The monoisotopic (exact) mass is 339 g/mol. The van der Waals surface area contributed by atoms with E-state index in [4.69, 9.17) is 4.74 Å². The second-order valence-corrected chi connectivity index (χ2v) is 7.22. The highest BCUT2D eigenvalue weighted by atomic mass is 16.6. The van der Waals surface area contributed by atoms with E-state index in [0.29, 0.717) is 13.1 Å². The fourth-order valence-corrected chi connectivity index (χ4v) is 3.07. The van der Waals surface area contributed by atoms with Gasteiger partial charge in [0.25, 0.3) is 0 Å². The van der Waals surface area contributed by atoms with Crippen LogP contribution in [0.5, 0.6) is 0 Å². The first-order chi connectivity index (χ1) is 11.9. The van der Waals surface area contributed by atoms with Crippen molar-refractivity contribution in [3.63, 3.8) is 0 Å². The quantitative estimate of drug-likeness (QED) is 0.738. The van der Waals surface area contributed by atoms with E-state index in [1.807, 2.05) is 50.0 Å². The maximum absolute atomic E-state index is 12.2. The molecule has 0 fully saturated rings. The van der Waals surface area contributed by atoms with Crippen molar-refractivity contribution in [2.24, 2.45) is 0 Å². The van der Waals surface area contributed by atoms with Gasteiger partial charge >= 0.3 is 6.09 Å². The van der Waals surface area contributed by atoms with Crippen molar-refractivity contribution in [3.05, 3.63) is 36.6 Å². The summed E-state index contributed by atoms with van der Waals surface area (Å²) in [6.45, 7) is 6.79. The lowest BCUT2D eigenvalue weighted by Crippen LogP contribution is -2.39. The minimum absolute atomic E-state index is 0.270. The number of hydrogen-bond donors (Lipinski definition) is 1. The average Bonchev–Trinajstić information content (AvgIpc) is 3.19. The highest BCUT2D eigenvalue weighted by Crippen LogP contribution is 2.27. The Labute approximate surface area is 145 Å². The predicted octanol–water partition coefficient (Wildman–Crippen LogP) is 3.23. The van der Waals surface area contributed by atoms with Gasteiger partial charge < -0.3 is 14.6 Å². The van der Waals surface area contributed by atoms with Gasteiger partial charge in [-0.3, -0.25) is 4.40 Å². The van der Waals surface area contributed by atoms with Gasteiger partial charge in [0, 0.05) is 19.3 Å². The first kappa shape index (κ1) is 15.7. The summed E-state index contributed by atoms with van der Waals surface area (Å²) in [4.78, 5) is 26.0. The van der Waals surface area contributed by atoms with Gasteiger partial charge in [0.2, 0.25) is 0 Å². The summed E-state index contributed by atoms with van der Waals surface area (Å²) >= 11 is 0. The molecule has 0 bridgehead atoms. The van der Waals surface area contributed by atoms with Crippen LogP contribution in [-0.4, -0.2) is 49.0 Å². The molecule has 0 aromatic carbocycles. The summed E-state index contributed by atoms with van der Waals surface area (Å²) in [5.74, 6) is 0. The molecule has 1 N–H and O–H groups in total. The molecule has 1 amide bonds. The number of carbonyl (C=O) groups is 1. The Morgan fingerprint density at radius 3 is 2.84 bits per heavy atom. The number of aromatic amines is 1. The van der Waals surface area contributed by atoms with E-state index < -0.39 is 5.60 Å². The number of nitrogens with zero attached hydrogens (tertiary/aromatic N) is 4. The Morgan fingerprint density at radius 2 is 2.12 bits per heavy atom. The number of amides is 1. The maximum Gasteiger partial charge on any atom is 0.410 e. The van der Waals surface area contributed by atoms with Gasteiger partial charge in [0.1, 0.15) is 11.9 Å². The molecule has 4 rings (SSSR count). The largest absolute Gasteiger partial charge is 0.444 e. The third kappa shape index (κ3) is 2.86. The smallest absolute Gasteiger partial charge is 0.410 e. The van der Waals surface area contributed by atoms with Crippen LogP contribution in [0, 0.1) is 0 Å². The van der Waals surface area contributed by atoms with Crippen molar-refractivity contribution in [1.82, 2.24) is 24.3 Å². The van der Waals surface area contributed by atoms with Gasteiger partial charge in [-0.15, -0.1) is 0 Å². The molecule has 25 heavy (non-hydrogen) atoms. The lowest BCUT2D eigenvalue weighted by Gasteiger charge is -2.29. The number of rotatable bonds is 1. The van der Waals surface area contributed by atoms with Crippen LogP contribution >= 0.6 is 0 Å². The zero-order valence-corrected chi connectivity index (χ0v) is 14.6. The molecule has 7 nitrogen and oxygen atoms in total. The Balaban J connectivity index is 1.59. The lowest BCUT2D eigenvalue weighted by atomic mass is 10.0. The van der Waals surface area contributed by atoms with Crippen LogP contribution in [0.4, 0.5) is 4.79 Å². The number of nitrogens with one attached hydrogen (secondary N) is 1. The SMILES string of the molecule is CC(C)(C)OC(=O)N1CC=C(c2ncn3c2cnc2[nH]ccc23)CC1. The summed E-state index contributed by atoms with van der Waals surface area (Å²) in [5, 5.41) is 0. The maximum atomic E-state index is 12.2. The van der Waals surface area contributed by atoms with Gasteiger partial charge in [-0.1, -0.05) is 6.08 Å². The number of imidazole rings is 1. The molecule has 0 saturated carbocycles. The first-order valence-corrected chi connectivity index (χ1v) is 8.39. The third-order valence-electron chi connectivity index (χ3n) is 4.25. The number of hydrogen-bond acceptors (Lipinski definition) is 4. The number of fused-ring (bicyclic) bond motifs is 3. The molecule has 7 heteroatoms. The molecule has 1 aliphatic heterocycles. The molecule has 130 valence electrons. The van der Waals surface area contributed by atoms with Crippen molar-refractivity contribution in [2.75, 3.05) is 13.1 Å². The van der Waals surface area contributed by atoms with Gasteiger partial charge in [-0.2, -0.15) is 0 Å². The second kappa shape index (κ2) is 5.61. The minimum Gasteiger partial charge on any atom is -0.444 e. The molecule has 0 aliphatic carbocycles. The van der Waals surface area contributed by atoms with Gasteiger partial charge in [-0.05, 0) is 38.8 Å². The van der Waals surface area contributed by atoms with E-state index in [2.05, 4.69) is 21.0 Å². The molecule has 0 saturated heterocycles. The van der Waals surface area contributed by atoms with Gasteiger partial charge in [0.15, 0.2) is 5.65 Å². The molecule has 0 radical (unpaired) electrons. The van der Waals surface area contributed by atoms with Gasteiger partial charge in [-0.25, -0.2) is 14.8 Å². The molecule has 1 aliphatic rings. The van der Waals surface area contributed by atoms with E-state index in [0.717, 1.165) is 34.4 Å². The Morgan fingerprint density at radius 1 is 1.28 bits per heavy atom. The van der Waals surface area contributed by atoms with Crippen LogP contribution in [0.1, 0.15) is 32.9 Å². The van der Waals surface area contributed by atoms with Crippen LogP contribution in [0.15, 0.2) is 30.9 Å². The Hall–Kier alpha value is -2.83. The van der Waals surface area contributed by atoms with Crippen molar-refractivity contribution >= 4 is 28.3 Å². The van der Waals surface area contributed by atoms with E-state index >= 15 is 0 Å². The van der Waals surface area contributed by atoms with Crippen LogP contribution in [-0.2, 0) is 4.74 Å². The standard InChI is InChI=1S/C18H21N5O2/c1-18(2,3)25-17(24)22-8-5-12(6-9-22)15-14-10-20-16-13(4-7-19-16)23(14)11-21-15/h4-5,7,10-11,19H,6,8-9H2,1-3H3.